The van der Waals surface area contributed by atoms with Crippen LogP contribution in [0.4, 0.5) is 4.79 Å². The second kappa shape index (κ2) is 4.99. The van der Waals surface area contributed by atoms with E-state index in [1.54, 1.807) is 6.26 Å². The van der Waals surface area contributed by atoms with E-state index < -0.39 is 18.0 Å². The molecule has 3 rings (SSSR count). The van der Waals surface area contributed by atoms with Crippen molar-refractivity contribution in [1.82, 2.24) is 16.0 Å². The van der Waals surface area contributed by atoms with Gasteiger partial charge in [0.1, 0.15) is 11.8 Å². The molecule has 0 radical (unpaired) electrons. The quantitative estimate of drug-likeness (QED) is 0.695. The van der Waals surface area contributed by atoms with Crippen LogP contribution in [0.5, 0.6) is 0 Å². The number of furan rings is 1. The summed E-state index contributed by atoms with van der Waals surface area (Å²) in [5, 5.41) is 7.40. The lowest BCUT2D eigenvalue weighted by molar-refractivity contribution is -0.126. The number of nitrogens with one attached hydrogen (secondary N) is 3. The summed E-state index contributed by atoms with van der Waals surface area (Å²) < 4.78 is 5.36. The molecule has 1 aliphatic heterocycles. The van der Waals surface area contributed by atoms with Crippen LogP contribution >= 0.6 is 0 Å². The van der Waals surface area contributed by atoms with Gasteiger partial charge in [-0.05, 0) is 18.9 Å². The smallest absolute Gasteiger partial charge is 0.322 e. The lowest BCUT2D eigenvalue weighted by Gasteiger charge is -2.23. The standard InChI is InChI=1S/C13H15N3O4/c17-11(6-9-12(18)16-13(19)15-9)14-8-2-1-3-10-7(8)4-5-20-10/h4-5,8-9H,1-3,6H2,(H,14,17)(H2,15,16,18,19)/t8-,9+/m0/s1. The van der Waals surface area contributed by atoms with Gasteiger partial charge in [-0.1, -0.05) is 0 Å². The number of imide groups is 1. The van der Waals surface area contributed by atoms with E-state index in [4.69, 9.17) is 4.42 Å². The van der Waals surface area contributed by atoms with E-state index >= 15 is 0 Å². The molecule has 1 aromatic heterocycles. The van der Waals surface area contributed by atoms with E-state index in [0.717, 1.165) is 30.6 Å². The maximum atomic E-state index is 12.0. The first-order valence-corrected chi connectivity index (χ1v) is 6.60. The summed E-state index contributed by atoms with van der Waals surface area (Å²) >= 11 is 0. The first kappa shape index (κ1) is 12.7. The molecule has 2 aliphatic rings. The predicted octanol–water partition coefficient (Wildman–Crippen LogP) is 0.371. The van der Waals surface area contributed by atoms with Crippen LogP contribution in [0.15, 0.2) is 16.7 Å². The van der Waals surface area contributed by atoms with Crippen LogP contribution in [0, 0.1) is 0 Å². The lowest BCUT2D eigenvalue weighted by atomic mass is 9.93. The van der Waals surface area contributed by atoms with E-state index in [0.29, 0.717) is 0 Å². The molecule has 3 N–H and O–H groups in total. The maximum absolute atomic E-state index is 12.0. The molecule has 106 valence electrons. The van der Waals surface area contributed by atoms with Crippen molar-refractivity contribution in [2.45, 2.75) is 37.8 Å². The first-order valence-electron chi connectivity index (χ1n) is 6.60. The number of amides is 4. The zero-order chi connectivity index (χ0) is 14.1. The molecule has 4 amide bonds. The van der Waals surface area contributed by atoms with Crippen molar-refractivity contribution in [3.63, 3.8) is 0 Å². The van der Waals surface area contributed by atoms with Gasteiger partial charge in [0.2, 0.25) is 5.91 Å². The highest BCUT2D eigenvalue weighted by Gasteiger charge is 2.32. The number of rotatable bonds is 3. The third-order valence-electron chi connectivity index (χ3n) is 3.64. The summed E-state index contributed by atoms with van der Waals surface area (Å²) in [4.78, 5) is 34.3. The van der Waals surface area contributed by atoms with Gasteiger partial charge in [0, 0.05) is 12.0 Å². The van der Waals surface area contributed by atoms with Crippen molar-refractivity contribution in [2.75, 3.05) is 0 Å². The van der Waals surface area contributed by atoms with Gasteiger partial charge in [0.05, 0.1) is 18.7 Å². The number of hydrogen-bond acceptors (Lipinski definition) is 4. The normalized spacial score (nSPS) is 24.8. The Balaban J connectivity index is 1.60. The Morgan fingerprint density at radius 3 is 3.05 bits per heavy atom. The highest BCUT2D eigenvalue weighted by molar-refractivity contribution is 6.05. The van der Waals surface area contributed by atoms with Crippen LogP contribution in [0.1, 0.15) is 36.6 Å². The van der Waals surface area contributed by atoms with Crippen LogP contribution in [-0.2, 0) is 16.0 Å². The van der Waals surface area contributed by atoms with Crippen molar-refractivity contribution in [3.05, 3.63) is 23.7 Å². The summed E-state index contributed by atoms with van der Waals surface area (Å²) in [5.41, 5.74) is 1.00. The lowest BCUT2D eigenvalue weighted by Crippen LogP contribution is -2.38. The molecule has 0 saturated carbocycles. The molecule has 0 unspecified atom stereocenters. The Labute approximate surface area is 115 Å². The number of carbonyl (C=O) groups is 3. The summed E-state index contributed by atoms with van der Waals surface area (Å²) in [6, 6.07) is 0.450. The molecule has 7 heteroatoms. The van der Waals surface area contributed by atoms with Crippen molar-refractivity contribution >= 4 is 17.8 Å². The summed E-state index contributed by atoms with van der Waals surface area (Å²) in [5.74, 6) is 0.192. The second-order valence-electron chi connectivity index (χ2n) is 5.03. The Morgan fingerprint density at radius 1 is 1.45 bits per heavy atom. The second-order valence-corrected chi connectivity index (χ2v) is 5.03. The monoisotopic (exact) mass is 277 g/mol. The van der Waals surface area contributed by atoms with Crippen molar-refractivity contribution < 1.29 is 18.8 Å². The largest absolute Gasteiger partial charge is 0.469 e. The SMILES string of the molecule is O=C(C[C@H]1NC(=O)NC1=O)N[C@H]1CCCc2occc21. The molecule has 0 bridgehead atoms. The van der Waals surface area contributed by atoms with E-state index in [1.807, 2.05) is 6.07 Å². The van der Waals surface area contributed by atoms with E-state index in [2.05, 4.69) is 16.0 Å². The Morgan fingerprint density at radius 2 is 2.30 bits per heavy atom. The van der Waals surface area contributed by atoms with Gasteiger partial charge in [-0.15, -0.1) is 0 Å². The van der Waals surface area contributed by atoms with E-state index in [-0.39, 0.29) is 18.4 Å². The average molecular weight is 277 g/mol. The topological polar surface area (TPSA) is 100 Å². The van der Waals surface area contributed by atoms with Crippen LogP contribution in [0.3, 0.4) is 0 Å². The molecule has 2 atom stereocenters. The minimum atomic E-state index is -0.782. The Kier molecular flexibility index (Phi) is 3.17. The van der Waals surface area contributed by atoms with Crippen LogP contribution in [-0.4, -0.2) is 23.9 Å². The molecule has 2 heterocycles. The summed E-state index contributed by atoms with van der Waals surface area (Å²) in [6.07, 6.45) is 4.25. The predicted molar refractivity (Wildman–Crippen MR) is 67.6 cm³/mol. The highest BCUT2D eigenvalue weighted by Crippen LogP contribution is 2.30. The third kappa shape index (κ3) is 2.38. The number of carbonyl (C=O) groups excluding carboxylic acids is 3. The number of hydrogen-bond donors (Lipinski definition) is 3. The molecule has 0 spiro atoms. The fourth-order valence-corrected chi connectivity index (χ4v) is 2.68. The molecule has 1 aromatic rings. The number of aryl methyl sites for hydroxylation is 1. The average Bonchev–Trinajstić information content (AvgIpc) is 2.97. The summed E-state index contributed by atoms with van der Waals surface area (Å²) in [6.45, 7) is 0. The van der Waals surface area contributed by atoms with Gasteiger partial charge in [-0.25, -0.2) is 4.79 Å². The van der Waals surface area contributed by atoms with Gasteiger partial charge in [0.15, 0.2) is 0 Å². The molecule has 7 nitrogen and oxygen atoms in total. The third-order valence-corrected chi connectivity index (χ3v) is 3.64. The van der Waals surface area contributed by atoms with Gasteiger partial charge >= 0.3 is 6.03 Å². The van der Waals surface area contributed by atoms with Gasteiger partial charge in [-0.3, -0.25) is 14.9 Å². The van der Waals surface area contributed by atoms with Crippen LogP contribution in [0.2, 0.25) is 0 Å². The number of fused-ring (bicyclic) bond motifs is 1. The van der Waals surface area contributed by atoms with Crippen molar-refractivity contribution in [2.24, 2.45) is 0 Å². The van der Waals surface area contributed by atoms with Crippen LogP contribution in [0.25, 0.3) is 0 Å². The molecular formula is C13H15N3O4. The molecule has 1 aliphatic carbocycles. The van der Waals surface area contributed by atoms with E-state index in [9.17, 15) is 14.4 Å². The molecule has 1 fully saturated rings. The minimum Gasteiger partial charge on any atom is -0.469 e. The summed E-state index contributed by atoms with van der Waals surface area (Å²) in [7, 11) is 0. The zero-order valence-electron chi connectivity index (χ0n) is 10.8. The Bertz CT molecular complexity index is 566. The van der Waals surface area contributed by atoms with Crippen LogP contribution < -0.4 is 16.0 Å². The fourth-order valence-electron chi connectivity index (χ4n) is 2.68. The van der Waals surface area contributed by atoms with E-state index in [1.165, 1.54) is 0 Å². The van der Waals surface area contributed by atoms with Crippen molar-refractivity contribution in [3.8, 4) is 0 Å². The fraction of sp³-hybridized carbons (Fsp3) is 0.462. The minimum absolute atomic E-state index is 0.0543. The molecule has 20 heavy (non-hydrogen) atoms. The highest BCUT2D eigenvalue weighted by atomic mass is 16.3. The van der Waals surface area contributed by atoms with Gasteiger partial charge < -0.3 is 15.1 Å². The molecule has 0 aromatic carbocycles. The molecular weight excluding hydrogens is 262 g/mol. The van der Waals surface area contributed by atoms with Gasteiger partial charge in [0.25, 0.3) is 5.91 Å². The molecule has 1 saturated heterocycles. The Hall–Kier alpha value is -2.31. The first-order chi connectivity index (χ1) is 9.63. The van der Waals surface area contributed by atoms with Crippen molar-refractivity contribution in [1.29, 1.82) is 0 Å². The maximum Gasteiger partial charge on any atom is 0.322 e. The zero-order valence-corrected chi connectivity index (χ0v) is 10.8. The number of urea groups is 1. The van der Waals surface area contributed by atoms with Gasteiger partial charge in [-0.2, -0.15) is 0 Å².